The third-order valence-electron chi connectivity index (χ3n) is 4.23. The SMILES string of the molecule is CC(C)(C)S(=O)CCNC(=O)NC(CCO)C1CCCCC1. The zero-order chi connectivity index (χ0) is 16.6. The van der Waals surface area contributed by atoms with Gasteiger partial charge < -0.3 is 15.7 Å². The molecule has 0 radical (unpaired) electrons. The number of hydrogen-bond acceptors (Lipinski definition) is 3. The molecule has 2 amide bonds. The lowest BCUT2D eigenvalue weighted by Gasteiger charge is -2.30. The van der Waals surface area contributed by atoms with Gasteiger partial charge in [-0.3, -0.25) is 4.21 Å². The Labute approximate surface area is 137 Å². The molecule has 130 valence electrons. The van der Waals surface area contributed by atoms with Crippen LogP contribution >= 0.6 is 0 Å². The average Bonchev–Trinajstić information content (AvgIpc) is 2.46. The van der Waals surface area contributed by atoms with E-state index in [0.29, 0.717) is 24.6 Å². The number of aliphatic hydroxyl groups is 1. The molecule has 0 heterocycles. The van der Waals surface area contributed by atoms with Crippen molar-refractivity contribution in [3.63, 3.8) is 0 Å². The zero-order valence-electron chi connectivity index (χ0n) is 14.2. The summed E-state index contributed by atoms with van der Waals surface area (Å²) < 4.78 is 11.7. The Morgan fingerprint density at radius 2 is 1.91 bits per heavy atom. The van der Waals surface area contributed by atoms with Gasteiger partial charge in [0.15, 0.2) is 0 Å². The number of amides is 2. The van der Waals surface area contributed by atoms with Gasteiger partial charge in [-0.2, -0.15) is 0 Å². The van der Waals surface area contributed by atoms with Crippen LogP contribution in [-0.4, -0.2) is 45.0 Å². The molecule has 0 saturated heterocycles. The fraction of sp³-hybridized carbons (Fsp3) is 0.938. The first-order chi connectivity index (χ1) is 10.3. The summed E-state index contributed by atoms with van der Waals surface area (Å²) in [6.45, 7) is 6.30. The molecule has 1 fully saturated rings. The minimum absolute atomic E-state index is 0.0402. The summed E-state index contributed by atoms with van der Waals surface area (Å²) in [5.41, 5.74) is 0. The van der Waals surface area contributed by atoms with E-state index in [4.69, 9.17) is 0 Å². The number of hydrogen-bond donors (Lipinski definition) is 3. The van der Waals surface area contributed by atoms with E-state index < -0.39 is 10.8 Å². The van der Waals surface area contributed by atoms with E-state index in [1.165, 1.54) is 19.3 Å². The molecule has 0 aromatic heterocycles. The highest BCUT2D eigenvalue weighted by atomic mass is 32.2. The number of rotatable bonds is 7. The normalized spacial score (nSPS) is 19.5. The summed E-state index contributed by atoms with van der Waals surface area (Å²) in [5.74, 6) is 0.931. The van der Waals surface area contributed by atoms with Crippen LogP contribution in [0.2, 0.25) is 0 Å². The number of urea groups is 1. The van der Waals surface area contributed by atoms with Gasteiger partial charge in [0, 0.05) is 40.5 Å². The summed E-state index contributed by atoms with van der Waals surface area (Å²) in [6.07, 6.45) is 6.54. The second-order valence-electron chi connectivity index (χ2n) is 7.08. The van der Waals surface area contributed by atoms with Crippen molar-refractivity contribution in [3.05, 3.63) is 0 Å². The predicted molar refractivity (Wildman–Crippen MR) is 91.4 cm³/mol. The van der Waals surface area contributed by atoms with Crippen LogP contribution in [0.15, 0.2) is 0 Å². The van der Waals surface area contributed by atoms with E-state index in [1.807, 2.05) is 20.8 Å². The summed E-state index contributed by atoms with van der Waals surface area (Å²) >= 11 is 0. The first-order valence-electron chi connectivity index (χ1n) is 8.38. The minimum atomic E-state index is -0.957. The van der Waals surface area contributed by atoms with Gasteiger partial charge in [-0.05, 0) is 46.0 Å². The maximum absolute atomic E-state index is 12.0. The van der Waals surface area contributed by atoms with Crippen molar-refractivity contribution < 1.29 is 14.1 Å². The standard InChI is InChI=1S/C16H32N2O3S/c1-16(2,3)22(21)12-10-17-15(20)18-14(9-11-19)13-7-5-4-6-8-13/h13-14,19H,4-12H2,1-3H3,(H2,17,18,20). The summed E-state index contributed by atoms with van der Waals surface area (Å²) in [7, 11) is -0.957. The molecule has 0 aromatic rings. The van der Waals surface area contributed by atoms with E-state index in [9.17, 15) is 14.1 Å². The Morgan fingerprint density at radius 3 is 2.45 bits per heavy atom. The molecule has 5 nitrogen and oxygen atoms in total. The third kappa shape index (κ3) is 7.09. The summed E-state index contributed by atoms with van der Waals surface area (Å²) in [5, 5.41) is 15.0. The first kappa shape index (κ1) is 19.4. The first-order valence-corrected chi connectivity index (χ1v) is 9.70. The van der Waals surface area contributed by atoms with E-state index in [2.05, 4.69) is 10.6 Å². The monoisotopic (exact) mass is 332 g/mol. The van der Waals surface area contributed by atoms with Gasteiger partial charge in [0.05, 0.1) is 0 Å². The molecule has 0 aliphatic heterocycles. The quantitative estimate of drug-likeness (QED) is 0.668. The molecule has 1 rings (SSSR count). The molecule has 22 heavy (non-hydrogen) atoms. The highest BCUT2D eigenvalue weighted by Crippen LogP contribution is 2.27. The van der Waals surface area contributed by atoms with Crippen LogP contribution in [0.4, 0.5) is 4.79 Å². The lowest BCUT2D eigenvalue weighted by Crippen LogP contribution is -2.47. The van der Waals surface area contributed by atoms with Crippen LogP contribution in [0.1, 0.15) is 59.3 Å². The Balaban J connectivity index is 2.35. The molecule has 0 bridgehead atoms. The van der Waals surface area contributed by atoms with E-state index >= 15 is 0 Å². The topological polar surface area (TPSA) is 78.4 Å². The van der Waals surface area contributed by atoms with Gasteiger partial charge in [0.1, 0.15) is 0 Å². The fourth-order valence-corrected chi connectivity index (χ4v) is 3.78. The largest absolute Gasteiger partial charge is 0.396 e. The summed E-state index contributed by atoms with van der Waals surface area (Å²) in [6, 6.07) is -0.173. The Hall–Kier alpha value is -0.620. The minimum Gasteiger partial charge on any atom is -0.396 e. The Kier molecular flexibility index (Phi) is 8.39. The number of carbonyl (C=O) groups excluding carboxylic acids is 1. The van der Waals surface area contributed by atoms with Crippen molar-refractivity contribution in [3.8, 4) is 0 Å². The van der Waals surface area contributed by atoms with Crippen LogP contribution in [0.5, 0.6) is 0 Å². The molecule has 2 atom stereocenters. The van der Waals surface area contributed by atoms with Crippen molar-refractivity contribution in [2.75, 3.05) is 18.9 Å². The number of carbonyl (C=O) groups is 1. The lowest BCUT2D eigenvalue weighted by molar-refractivity contribution is 0.197. The Bertz CT molecular complexity index is 363. The molecule has 2 unspecified atom stereocenters. The van der Waals surface area contributed by atoms with E-state index in [1.54, 1.807) is 0 Å². The van der Waals surface area contributed by atoms with Crippen molar-refractivity contribution in [1.29, 1.82) is 0 Å². The fourth-order valence-electron chi connectivity index (χ4n) is 2.88. The van der Waals surface area contributed by atoms with Crippen LogP contribution in [-0.2, 0) is 10.8 Å². The predicted octanol–water partition coefficient (Wildman–Crippen LogP) is 2.16. The number of aliphatic hydroxyl groups excluding tert-OH is 1. The van der Waals surface area contributed by atoms with Crippen LogP contribution in [0, 0.1) is 5.92 Å². The van der Waals surface area contributed by atoms with Crippen LogP contribution in [0.25, 0.3) is 0 Å². The maximum Gasteiger partial charge on any atom is 0.315 e. The second-order valence-corrected chi connectivity index (χ2v) is 9.40. The van der Waals surface area contributed by atoms with Crippen LogP contribution < -0.4 is 10.6 Å². The molecule has 0 spiro atoms. The Morgan fingerprint density at radius 1 is 1.27 bits per heavy atom. The molecular formula is C16H32N2O3S. The molecule has 3 N–H and O–H groups in total. The van der Waals surface area contributed by atoms with E-state index in [0.717, 1.165) is 12.8 Å². The highest BCUT2D eigenvalue weighted by Gasteiger charge is 2.25. The van der Waals surface area contributed by atoms with Crippen molar-refractivity contribution in [2.24, 2.45) is 5.92 Å². The van der Waals surface area contributed by atoms with Gasteiger partial charge >= 0.3 is 6.03 Å². The molecule has 1 aliphatic rings. The van der Waals surface area contributed by atoms with Gasteiger partial charge in [-0.1, -0.05) is 19.3 Å². The third-order valence-corrected chi connectivity index (χ3v) is 6.17. The average molecular weight is 333 g/mol. The molecule has 1 saturated carbocycles. The van der Waals surface area contributed by atoms with Gasteiger partial charge in [0.2, 0.25) is 0 Å². The van der Waals surface area contributed by atoms with Crippen molar-refractivity contribution in [2.45, 2.75) is 70.1 Å². The molecule has 6 heteroatoms. The van der Waals surface area contributed by atoms with Crippen molar-refractivity contribution in [1.82, 2.24) is 10.6 Å². The summed E-state index contributed by atoms with van der Waals surface area (Å²) in [4.78, 5) is 12.0. The second kappa shape index (κ2) is 9.50. The smallest absolute Gasteiger partial charge is 0.315 e. The molecule has 0 aromatic carbocycles. The van der Waals surface area contributed by atoms with Crippen molar-refractivity contribution >= 4 is 16.8 Å². The zero-order valence-corrected chi connectivity index (χ0v) is 15.0. The molecule has 1 aliphatic carbocycles. The number of nitrogens with one attached hydrogen (secondary N) is 2. The molecular weight excluding hydrogens is 300 g/mol. The van der Waals surface area contributed by atoms with Gasteiger partial charge in [-0.15, -0.1) is 0 Å². The lowest BCUT2D eigenvalue weighted by atomic mass is 9.83. The highest BCUT2D eigenvalue weighted by molar-refractivity contribution is 7.86. The maximum atomic E-state index is 12.0. The van der Waals surface area contributed by atoms with Gasteiger partial charge in [0.25, 0.3) is 0 Å². The van der Waals surface area contributed by atoms with Crippen LogP contribution in [0.3, 0.4) is 0 Å². The van der Waals surface area contributed by atoms with E-state index in [-0.39, 0.29) is 23.4 Å². The van der Waals surface area contributed by atoms with Gasteiger partial charge in [-0.25, -0.2) is 4.79 Å².